The summed E-state index contributed by atoms with van der Waals surface area (Å²) < 4.78 is 50.1. The van der Waals surface area contributed by atoms with Crippen molar-refractivity contribution in [1.29, 1.82) is 0 Å². The Morgan fingerprint density at radius 1 is 1.10 bits per heavy atom. The van der Waals surface area contributed by atoms with Gasteiger partial charge >= 0.3 is 0 Å². The van der Waals surface area contributed by atoms with Gasteiger partial charge in [0.25, 0.3) is 0 Å². The Bertz CT molecular complexity index is 1770. The van der Waals surface area contributed by atoms with Crippen molar-refractivity contribution >= 4 is 32.4 Å². The van der Waals surface area contributed by atoms with Crippen LogP contribution < -0.4 is 20.1 Å². The van der Waals surface area contributed by atoms with E-state index in [1.165, 1.54) is 6.07 Å². The molecular formula is C31H33FN6O3S. The van der Waals surface area contributed by atoms with Crippen LogP contribution in [-0.4, -0.2) is 48.3 Å². The van der Waals surface area contributed by atoms with Crippen molar-refractivity contribution in [2.45, 2.75) is 45.1 Å². The van der Waals surface area contributed by atoms with E-state index >= 15 is 4.39 Å². The van der Waals surface area contributed by atoms with E-state index in [0.29, 0.717) is 39.6 Å². The highest BCUT2D eigenvalue weighted by atomic mass is 32.2. The van der Waals surface area contributed by atoms with E-state index in [0.717, 1.165) is 50.8 Å². The largest absolute Gasteiger partial charge is 0.437 e. The van der Waals surface area contributed by atoms with E-state index < -0.39 is 15.8 Å². The maximum absolute atomic E-state index is 15.1. The van der Waals surface area contributed by atoms with E-state index in [2.05, 4.69) is 25.3 Å². The van der Waals surface area contributed by atoms with Crippen LogP contribution in [0, 0.1) is 24.1 Å². The second-order valence-corrected chi connectivity index (χ2v) is 13.6. The molecule has 1 aliphatic heterocycles. The lowest BCUT2D eigenvalue weighted by Crippen LogP contribution is -2.38. The standard InChI is InChI=1S/C31H33FN6O3S/c1-19-6-7-22-23(8-9-25(32)27(22)38-42(39,40)18-20-16-31(20)11-12-31)28(19)41-29-24(5-3-14-34-29)26-10-15-35-30(37-26)36-21-4-2-13-33-17-21/h3,5-10,14-15,20-21,33,38H,2,4,11-13,16-18H2,1H3,(H,35,36,37)/t20-,21?/m1/s1. The summed E-state index contributed by atoms with van der Waals surface area (Å²) in [5, 5.41) is 7.79. The number of aromatic nitrogens is 3. The number of piperidine rings is 1. The van der Waals surface area contributed by atoms with Gasteiger partial charge in [0.05, 0.1) is 22.7 Å². The monoisotopic (exact) mass is 588 g/mol. The molecule has 0 bridgehead atoms. The molecular weight excluding hydrogens is 555 g/mol. The maximum atomic E-state index is 15.1. The zero-order valence-electron chi connectivity index (χ0n) is 23.4. The number of nitrogens with one attached hydrogen (secondary N) is 3. The summed E-state index contributed by atoms with van der Waals surface area (Å²) in [6, 6.07) is 12.1. The third-order valence-corrected chi connectivity index (χ3v) is 10.1. The Kier molecular flexibility index (Phi) is 6.73. The quantitative estimate of drug-likeness (QED) is 0.230. The number of hydrogen-bond donors (Lipinski definition) is 3. The first-order valence-corrected chi connectivity index (χ1v) is 16.1. The lowest BCUT2D eigenvalue weighted by molar-refractivity contribution is 0.466. The van der Waals surface area contributed by atoms with Gasteiger partial charge < -0.3 is 15.4 Å². The summed E-state index contributed by atoms with van der Waals surface area (Å²) in [5.41, 5.74) is 2.28. The molecule has 9 nitrogen and oxygen atoms in total. The smallest absolute Gasteiger partial charge is 0.233 e. The first-order chi connectivity index (χ1) is 20.3. The van der Waals surface area contributed by atoms with Crippen LogP contribution in [0.4, 0.5) is 16.0 Å². The Labute approximate surface area is 244 Å². The van der Waals surface area contributed by atoms with Crippen LogP contribution >= 0.6 is 0 Å². The summed E-state index contributed by atoms with van der Waals surface area (Å²) in [5.74, 6) is 0.866. The van der Waals surface area contributed by atoms with Crippen molar-refractivity contribution in [2.75, 3.05) is 28.9 Å². The predicted molar refractivity (Wildman–Crippen MR) is 161 cm³/mol. The van der Waals surface area contributed by atoms with E-state index in [1.807, 2.05) is 19.1 Å². The van der Waals surface area contributed by atoms with Gasteiger partial charge in [-0.3, -0.25) is 4.72 Å². The maximum Gasteiger partial charge on any atom is 0.233 e. The number of halogens is 1. The summed E-state index contributed by atoms with van der Waals surface area (Å²) in [6.45, 7) is 3.76. The van der Waals surface area contributed by atoms with Crippen LogP contribution in [0.25, 0.3) is 22.0 Å². The molecule has 2 aliphatic carbocycles. The number of pyridine rings is 1. The molecule has 2 atom stereocenters. The van der Waals surface area contributed by atoms with Gasteiger partial charge in [-0.15, -0.1) is 0 Å². The minimum absolute atomic E-state index is 0.0162. The number of anilines is 2. The van der Waals surface area contributed by atoms with E-state index in [4.69, 9.17) is 9.72 Å². The lowest BCUT2D eigenvalue weighted by Gasteiger charge is -2.23. The second-order valence-electron chi connectivity index (χ2n) is 11.8. The van der Waals surface area contributed by atoms with Gasteiger partial charge in [-0.1, -0.05) is 12.1 Å². The molecule has 3 heterocycles. The van der Waals surface area contributed by atoms with Gasteiger partial charge in [0.15, 0.2) is 0 Å². The van der Waals surface area contributed by atoms with Gasteiger partial charge in [0.1, 0.15) is 11.6 Å². The van der Waals surface area contributed by atoms with Gasteiger partial charge in [0.2, 0.25) is 21.9 Å². The molecule has 3 fully saturated rings. The topological polar surface area (TPSA) is 118 Å². The number of fused-ring (bicyclic) bond motifs is 1. The average Bonchev–Trinajstić information content (AvgIpc) is 3.90. The molecule has 3 aliphatic rings. The summed E-state index contributed by atoms with van der Waals surface area (Å²) in [6.07, 6.45) is 8.61. The molecule has 2 aromatic heterocycles. The van der Waals surface area contributed by atoms with Crippen LogP contribution in [0.1, 0.15) is 37.7 Å². The summed E-state index contributed by atoms with van der Waals surface area (Å²) in [7, 11) is -3.72. The van der Waals surface area contributed by atoms with Crippen molar-refractivity contribution in [2.24, 2.45) is 11.3 Å². The fourth-order valence-electron chi connectivity index (χ4n) is 6.10. The number of sulfonamides is 1. The number of hydrogen-bond acceptors (Lipinski definition) is 8. The number of ether oxygens (including phenoxy) is 1. The fraction of sp³-hybridized carbons (Fsp3) is 0.387. The highest BCUT2D eigenvalue weighted by Crippen LogP contribution is 2.70. The molecule has 0 radical (unpaired) electrons. The Morgan fingerprint density at radius 2 is 1.95 bits per heavy atom. The molecule has 42 heavy (non-hydrogen) atoms. The number of nitrogens with zero attached hydrogens (tertiary/aromatic N) is 3. The normalized spacial score (nSPS) is 20.8. The van der Waals surface area contributed by atoms with E-state index in [-0.39, 0.29) is 28.8 Å². The van der Waals surface area contributed by atoms with E-state index in [9.17, 15) is 8.42 Å². The van der Waals surface area contributed by atoms with Gasteiger partial charge in [-0.2, -0.15) is 0 Å². The van der Waals surface area contributed by atoms with Crippen molar-refractivity contribution in [3.63, 3.8) is 0 Å². The Morgan fingerprint density at radius 3 is 2.74 bits per heavy atom. The van der Waals surface area contributed by atoms with Crippen molar-refractivity contribution in [1.82, 2.24) is 20.3 Å². The average molecular weight is 589 g/mol. The number of benzene rings is 2. The zero-order chi connectivity index (χ0) is 28.9. The van der Waals surface area contributed by atoms with E-state index in [1.54, 1.807) is 36.7 Å². The van der Waals surface area contributed by atoms with Crippen LogP contribution in [0.5, 0.6) is 11.6 Å². The molecule has 3 N–H and O–H groups in total. The molecule has 2 aromatic carbocycles. The lowest BCUT2D eigenvalue weighted by atomic mass is 10.0. The minimum atomic E-state index is -3.72. The van der Waals surface area contributed by atoms with Crippen LogP contribution in [0.15, 0.2) is 54.9 Å². The third kappa shape index (κ3) is 5.38. The van der Waals surface area contributed by atoms with Crippen LogP contribution in [-0.2, 0) is 10.0 Å². The Hall–Kier alpha value is -3.83. The van der Waals surface area contributed by atoms with Gasteiger partial charge in [-0.25, -0.2) is 27.8 Å². The highest BCUT2D eigenvalue weighted by molar-refractivity contribution is 7.92. The molecule has 4 aromatic rings. The third-order valence-electron chi connectivity index (χ3n) is 8.76. The van der Waals surface area contributed by atoms with Gasteiger partial charge in [0, 0.05) is 35.8 Å². The summed E-state index contributed by atoms with van der Waals surface area (Å²) >= 11 is 0. The molecule has 7 rings (SSSR count). The molecule has 1 saturated heterocycles. The zero-order valence-corrected chi connectivity index (χ0v) is 24.2. The fourth-order valence-corrected chi connectivity index (χ4v) is 7.70. The molecule has 218 valence electrons. The first-order valence-electron chi connectivity index (χ1n) is 14.5. The van der Waals surface area contributed by atoms with Gasteiger partial charge in [-0.05, 0) is 92.8 Å². The SMILES string of the molecule is Cc1ccc2c(NS(=O)(=O)C[C@H]3CC34CC4)c(F)ccc2c1Oc1ncccc1-c1ccnc(NC2CCCNC2)n1. The molecule has 1 unspecified atom stereocenters. The molecule has 11 heteroatoms. The number of rotatable bonds is 9. The first kappa shape index (κ1) is 27.0. The Balaban J connectivity index is 1.20. The van der Waals surface area contributed by atoms with Crippen molar-refractivity contribution in [3.05, 3.63) is 66.2 Å². The highest BCUT2D eigenvalue weighted by Gasteiger charge is 2.63. The van der Waals surface area contributed by atoms with Crippen LogP contribution in [0.3, 0.4) is 0 Å². The van der Waals surface area contributed by atoms with Crippen molar-refractivity contribution < 1.29 is 17.5 Å². The second kappa shape index (κ2) is 10.5. The van der Waals surface area contributed by atoms with Crippen molar-refractivity contribution in [3.8, 4) is 22.9 Å². The van der Waals surface area contributed by atoms with Crippen LogP contribution in [0.2, 0.25) is 0 Å². The predicted octanol–water partition coefficient (Wildman–Crippen LogP) is 5.64. The molecule has 0 amide bonds. The molecule has 2 saturated carbocycles. The molecule has 1 spiro atoms. The number of aryl methyl sites for hydroxylation is 1. The summed E-state index contributed by atoms with van der Waals surface area (Å²) in [4.78, 5) is 13.6. The minimum Gasteiger partial charge on any atom is -0.437 e.